The maximum Gasteiger partial charge on any atom is 0.323 e. The molecule has 5 aromatic rings. The number of carboxylic acids is 1. The van der Waals surface area contributed by atoms with Gasteiger partial charge in [0.05, 0.1) is 27.3 Å². The normalized spacial score (nSPS) is 11.4. The van der Waals surface area contributed by atoms with Crippen LogP contribution in [0, 0.1) is 11.6 Å². The standard InChI is InChI=1S/C27H17F2NO3S/c28-17-5-9-19(10-6-17)34(20-11-7-18(29)8-12-20)21-13-14-25-23(15-21)27(33)22-3-1-2-4-24(22)30(25)16-26(31)32/h1-15H,16H2/p+1. The SMILES string of the molecule is O=C(O)Cn1c2ccccc2c(=O)c2cc([S+](c3ccc(F)cc3)c3ccc(F)cc3)ccc21. The zero-order chi connectivity index (χ0) is 23.8. The van der Waals surface area contributed by atoms with Gasteiger partial charge >= 0.3 is 5.97 Å². The molecule has 0 aliphatic rings. The van der Waals surface area contributed by atoms with E-state index in [0.717, 1.165) is 14.7 Å². The predicted molar refractivity (Wildman–Crippen MR) is 128 cm³/mol. The van der Waals surface area contributed by atoms with E-state index in [2.05, 4.69) is 0 Å². The molecule has 4 nitrogen and oxygen atoms in total. The lowest BCUT2D eigenvalue weighted by Gasteiger charge is -2.14. The minimum Gasteiger partial charge on any atom is -0.480 e. The molecule has 168 valence electrons. The Bertz CT molecular complexity index is 1550. The van der Waals surface area contributed by atoms with Crippen LogP contribution in [0.15, 0.2) is 110 Å². The van der Waals surface area contributed by atoms with Gasteiger partial charge in [-0.2, -0.15) is 0 Å². The Hall–Kier alpha value is -3.97. The number of aromatic nitrogens is 1. The summed E-state index contributed by atoms with van der Waals surface area (Å²) in [6.07, 6.45) is 0. The molecule has 0 bridgehead atoms. The van der Waals surface area contributed by atoms with E-state index in [1.165, 1.54) is 24.3 Å². The average molecular weight is 475 g/mol. The first kappa shape index (κ1) is 21.9. The molecule has 0 amide bonds. The summed E-state index contributed by atoms with van der Waals surface area (Å²) in [5, 5.41) is 10.3. The van der Waals surface area contributed by atoms with Crippen LogP contribution in [0.5, 0.6) is 0 Å². The van der Waals surface area contributed by atoms with Crippen molar-refractivity contribution in [2.45, 2.75) is 21.2 Å². The number of aliphatic carboxylic acids is 1. The molecule has 0 atom stereocenters. The van der Waals surface area contributed by atoms with Gasteiger partial charge in [0.1, 0.15) is 18.2 Å². The summed E-state index contributed by atoms with van der Waals surface area (Å²) in [4.78, 5) is 27.4. The first-order chi connectivity index (χ1) is 16.4. The van der Waals surface area contributed by atoms with E-state index in [1.807, 2.05) is 6.07 Å². The molecule has 4 aromatic carbocycles. The van der Waals surface area contributed by atoms with Gasteiger partial charge in [-0.15, -0.1) is 0 Å². The summed E-state index contributed by atoms with van der Waals surface area (Å²) in [5.41, 5.74) is 0.860. The van der Waals surface area contributed by atoms with Crippen LogP contribution < -0.4 is 5.43 Å². The van der Waals surface area contributed by atoms with Crippen LogP contribution in [0.3, 0.4) is 0 Å². The Kier molecular flexibility index (Phi) is 5.63. The van der Waals surface area contributed by atoms with Crippen molar-refractivity contribution >= 4 is 38.7 Å². The van der Waals surface area contributed by atoms with Crippen molar-refractivity contribution in [2.75, 3.05) is 0 Å². The fourth-order valence-electron chi connectivity index (χ4n) is 4.09. The number of rotatable bonds is 5. The highest BCUT2D eigenvalue weighted by Crippen LogP contribution is 2.33. The highest BCUT2D eigenvalue weighted by atomic mass is 32.2. The summed E-state index contributed by atoms with van der Waals surface area (Å²) < 4.78 is 28.9. The van der Waals surface area contributed by atoms with Crippen molar-refractivity contribution in [3.05, 3.63) is 113 Å². The van der Waals surface area contributed by atoms with E-state index in [4.69, 9.17) is 0 Å². The largest absolute Gasteiger partial charge is 0.480 e. The van der Waals surface area contributed by atoms with Crippen molar-refractivity contribution in [1.29, 1.82) is 0 Å². The molecule has 0 unspecified atom stereocenters. The number of nitrogens with zero attached hydrogens (tertiary/aromatic N) is 1. The van der Waals surface area contributed by atoms with Gasteiger partial charge in [-0.1, -0.05) is 12.1 Å². The van der Waals surface area contributed by atoms with Crippen LogP contribution in [0.1, 0.15) is 0 Å². The molecule has 0 spiro atoms. The van der Waals surface area contributed by atoms with E-state index < -0.39 is 16.9 Å². The third-order valence-corrected chi connectivity index (χ3v) is 7.78. The van der Waals surface area contributed by atoms with Gasteiger partial charge in [0.25, 0.3) is 0 Å². The fraction of sp³-hybridized carbons (Fsp3) is 0.0370. The van der Waals surface area contributed by atoms with Crippen molar-refractivity contribution < 1.29 is 18.7 Å². The minimum absolute atomic E-state index is 0.198. The molecule has 34 heavy (non-hydrogen) atoms. The lowest BCUT2D eigenvalue weighted by atomic mass is 10.1. The Morgan fingerprint density at radius 2 is 1.26 bits per heavy atom. The molecule has 0 fully saturated rings. The second-order valence-electron chi connectivity index (χ2n) is 7.72. The van der Waals surface area contributed by atoms with E-state index >= 15 is 0 Å². The van der Waals surface area contributed by atoms with E-state index in [0.29, 0.717) is 21.8 Å². The van der Waals surface area contributed by atoms with Crippen LogP contribution in [0.25, 0.3) is 21.8 Å². The second kappa shape index (κ2) is 8.76. The number of halogens is 2. The van der Waals surface area contributed by atoms with Crippen LogP contribution in [-0.4, -0.2) is 15.6 Å². The zero-order valence-electron chi connectivity index (χ0n) is 17.7. The van der Waals surface area contributed by atoms with Crippen LogP contribution >= 0.6 is 0 Å². The average Bonchev–Trinajstić information content (AvgIpc) is 2.84. The highest BCUT2D eigenvalue weighted by Gasteiger charge is 2.30. The summed E-state index contributed by atoms with van der Waals surface area (Å²) >= 11 is 0. The van der Waals surface area contributed by atoms with Gasteiger partial charge in [0.15, 0.2) is 20.1 Å². The first-order valence-electron chi connectivity index (χ1n) is 10.4. The number of para-hydroxylation sites is 1. The maximum atomic E-state index is 13.6. The molecule has 1 heterocycles. The van der Waals surface area contributed by atoms with E-state index in [1.54, 1.807) is 65.2 Å². The van der Waals surface area contributed by atoms with E-state index in [9.17, 15) is 23.5 Å². The Balaban J connectivity index is 1.79. The predicted octanol–water partition coefficient (Wildman–Crippen LogP) is 5.61. The molecule has 0 saturated carbocycles. The molecular weight excluding hydrogens is 456 g/mol. The zero-order valence-corrected chi connectivity index (χ0v) is 18.6. The summed E-state index contributed by atoms with van der Waals surface area (Å²) in [5.74, 6) is -1.75. The van der Waals surface area contributed by atoms with Gasteiger partial charge < -0.3 is 9.67 Å². The summed E-state index contributed by atoms with van der Waals surface area (Å²) in [6.45, 7) is -0.293. The van der Waals surface area contributed by atoms with Gasteiger partial charge in [0, 0.05) is 11.5 Å². The van der Waals surface area contributed by atoms with Gasteiger partial charge in [-0.05, 0) is 72.8 Å². The van der Waals surface area contributed by atoms with Gasteiger partial charge in [0.2, 0.25) is 0 Å². The van der Waals surface area contributed by atoms with Gasteiger partial charge in [-0.3, -0.25) is 9.59 Å². The van der Waals surface area contributed by atoms with Gasteiger partial charge in [-0.25, -0.2) is 8.78 Å². The minimum atomic E-state index is -1.02. The van der Waals surface area contributed by atoms with Crippen molar-refractivity contribution in [3.8, 4) is 0 Å². The molecule has 0 aliphatic carbocycles. The second-order valence-corrected chi connectivity index (χ2v) is 9.75. The number of pyridine rings is 1. The van der Waals surface area contributed by atoms with Crippen molar-refractivity contribution in [1.82, 2.24) is 4.57 Å². The Morgan fingerprint density at radius 3 is 1.85 bits per heavy atom. The molecule has 0 saturated heterocycles. The lowest BCUT2D eigenvalue weighted by Crippen LogP contribution is -2.16. The Labute approximate surface area is 196 Å². The number of benzene rings is 4. The monoisotopic (exact) mass is 474 g/mol. The number of carboxylic acid groups (broad SMARTS) is 1. The molecule has 0 aliphatic heterocycles. The number of carbonyl (C=O) groups is 1. The maximum absolute atomic E-state index is 13.6. The first-order valence-corrected chi connectivity index (χ1v) is 11.7. The third-order valence-electron chi connectivity index (χ3n) is 5.57. The number of hydrogen-bond acceptors (Lipinski definition) is 2. The third kappa shape index (κ3) is 3.95. The summed E-state index contributed by atoms with van der Waals surface area (Å²) in [6, 6.07) is 24.4. The molecule has 1 aromatic heterocycles. The smallest absolute Gasteiger partial charge is 0.323 e. The highest BCUT2D eigenvalue weighted by molar-refractivity contribution is 7.97. The Morgan fingerprint density at radius 1 is 0.735 bits per heavy atom. The number of hydrogen-bond donors (Lipinski definition) is 1. The van der Waals surface area contributed by atoms with E-state index in [-0.39, 0.29) is 23.6 Å². The molecule has 0 radical (unpaired) electrons. The van der Waals surface area contributed by atoms with Crippen molar-refractivity contribution in [3.63, 3.8) is 0 Å². The fourth-order valence-corrected chi connectivity index (χ4v) is 6.16. The van der Waals surface area contributed by atoms with Crippen molar-refractivity contribution in [2.24, 2.45) is 0 Å². The van der Waals surface area contributed by atoms with Crippen LogP contribution in [0.4, 0.5) is 8.78 Å². The molecule has 1 N–H and O–H groups in total. The van der Waals surface area contributed by atoms with Crippen LogP contribution in [-0.2, 0) is 22.2 Å². The molecule has 5 rings (SSSR count). The lowest BCUT2D eigenvalue weighted by molar-refractivity contribution is -0.137. The number of fused-ring (bicyclic) bond motifs is 2. The molecular formula is C27H18F2NO3S+. The summed E-state index contributed by atoms with van der Waals surface area (Å²) in [7, 11) is -0.744. The van der Waals surface area contributed by atoms with Crippen LogP contribution in [0.2, 0.25) is 0 Å². The molecule has 7 heteroatoms. The quantitative estimate of drug-likeness (QED) is 0.266. The topological polar surface area (TPSA) is 59.3 Å².